The van der Waals surface area contributed by atoms with Crippen LogP contribution in [0.2, 0.25) is 5.02 Å². The molecule has 0 aromatic heterocycles. The van der Waals surface area contributed by atoms with E-state index in [4.69, 9.17) is 30.5 Å². The van der Waals surface area contributed by atoms with Crippen LogP contribution in [0.15, 0.2) is 42.5 Å². The van der Waals surface area contributed by atoms with Gasteiger partial charge in [0.25, 0.3) is 0 Å². The Balaban J connectivity index is 1.91. The van der Waals surface area contributed by atoms with E-state index in [1.54, 1.807) is 25.3 Å². The van der Waals surface area contributed by atoms with Gasteiger partial charge >= 0.3 is 5.97 Å². The van der Waals surface area contributed by atoms with Crippen molar-refractivity contribution < 1.29 is 23.7 Å². The Bertz CT molecular complexity index is 784. The Hall–Kier alpha value is -2.66. The van der Waals surface area contributed by atoms with Crippen LogP contribution >= 0.6 is 11.6 Å². The summed E-state index contributed by atoms with van der Waals surface area (Å²) < 4.78 is 21.1. The summed E-state index contributed by atoms with van der Waals surface area (Å²) in [5.74, 6) is 1.37. The van der Waals surface area contributed by atoms with Crippen molar-refractivity contribution in [3.05, 3.63) is 58.6 Å². The topological polar surface area (TPSA) is 54.0 Å². The van der Waals surface area contributed by atoms with Gasteiger partial charge in [0.1, 0.15) is 5.75 Å². The molecule has 0 fully saturated rings. The summed E-state index contributed by atoms with van der Waals surface area (Å²) in [7, 11) is 3.15. The second-order valence-corrected chi connectivity index (χ2v) is 5.97. The summed E-state index contributed by atoms with van der Waals surface area (Å²) in [5, 5.41) is 0.413. The van der Waals surface area contributed by atoms with E-state index >= 15 is 0 Å². The summed E-state index contributed by atoms with van der Waals surface area (Å²) in [5.41, 5.74) is 1.78. The summed E-state index contributed by atoms with van der Waals surface area (Å²) in [6.45, 7) is 2.65. The number of methoxy groups -OCH3 is 2. The third-order valence-electron chi connectivity index (χ3n) is 3.74. The van der Waals surface area contributed by atoms with Gasteiger partial charge in [0.15, 0.2) is 11.5 Å². The minimum absolute atomic E-state index is 0.295. The molecule has 0 radical (unpaired) electrons. The van der Waals surface area contributed by atoms with Gasteiger partial charge in [0, 0.05) is 12.5 Å². The average Bonchev–Trinajstić information content (AvgIpc) is 2.67. The standard InChI is InChI=1S/C21H23ClO5/c1-4-26-19-14-16(13-18(22)21(19)25-3)7-10-20(23)27-12-11-15-5-8-17(24-2)9-6-15/h5-10,13-14H,4,11-12H2,1-3H3/b10-7+. The van der Waals surface area contributed by atoms with Gasteiger partial charge in [-0.1, -0.05) is 23.7 Å². The first kappa shape index (κ1) is 20.6. The molecule has 144 valence electrons. The Morgan fingerprint density at radius 2 is 1.85 bits per heavy atom. The Morgan fingerprint density at radius 1 is 1.11 bits per heavy atom. The SMILES string of the molecule is CCOc1cc(/C=C/C(=O)OCCc2ccc(OC)cc2)cc(Cl)c1OC. The van der Waals surface area contributed by atoms with E-state index in [0.717, 1.165) is 16.9 Å². The molecule has 0 aliphatic rings. The van der Waals surface area contributed by atoms with Gasteiger partial charge < -0.3 is 18.9 Å². The quantitative estimate of drug-likeness (QED) is 0.464. The minimum Gasteiger partial charge on any atom is -0.497 e. The van der Waals surface area contributed by atoms with Crippen molar-refractivity contribution in [2.24, 2.45) is 0 Å². The highest BCUT2D eigenvalue weighted by atomic mass is 35.5. The lowest BCUT2D eigenvalue weighted by atomic mass is 10.1. The number of halogens is 1. The molecule has 0 aliphatic carbocycles. The van der Waals surface area contributed by atoms with Crippen molar-refractivity contribution in [3.8, 4) is 17.2 Å². The van der Waals surface area contributed by atoms with Crippen LogP contribution in [0.25, 0.3) is 6.08 Å². The predicted octanol–water partition coefficient (Wildman–Crippen LogP) is 4.56. The number of esters is 1. The molecule has 0 atom stereocenters. The van der Waals surface area contributed by atoms with E-state index in [9.17, 15) is 4.79 Å². The van der Waals surface area contributed by atoms with E-state index < -0.39 is 5.97 Å². The van der Waals surface area contributed by atoms with Gasteiger partial charge in [-0.3, -0.25) is 0 Å². The maximum atomic E-state index is 11.9. The molecule has 0 N–H and O–H groups in total. The molecule has 6 heteroatoms. The van der Waals surface area contributed by atoms with Crippen molar-refractivity contribution in [2.75, 3.05) is 27.4 Å². The van der Waals surface area contributed by atoms with Gasteiger partial charge in [-0.2, -0.15) is 0 Å². The van der Waals surface area contributed by atoms with Crippen molar-refractivity contribution in [1.29, 1.82) is 0 Å². The number of rotatable bonds is 9. The van der Waals surface area contributed by atoms with Gasteiger partial charge in [-0.15, -0.1) is 0 Å². The molecule has 2 aromatic carbocycles. The van der Waals surface area contributed by atoms with Crippen LogP contribution < -0.4 is 14.2 Å². The molecule has 0 saturated heterocycles. The smallest absolute Gasteiger partial charge is 0.330 e. The number of hydrogen-bond donors (Lipinski definition) is 0. The molecule has 0 unspecified atom stereocenters. The maximum Gasteiger partial charge on any atom is 0.330 e. The van der Waals surface area contributed by atoms with Gasteiger partial charge in [0.05, 0.1) is 32.5 Å². The van der Waals surface area contributed by atoms with E-state index in [1.165, 1.54) is 13.2 Å². The summed E-state index contributed by atoms with van der Waals surface area (Å²) in [6, 6.07) is 11.1. The fourth-order valence-corrected chi connectivity index (χ4v) is 2.72. The van der Waals surface area contributed by atoms with E-state index in [0.29, 0.717) is 36.2 Å². The molecule has 2 rings (SSSR count). The summed E-state index contributed by atoms with van der Waals surface area (Å²) >= 11 is 6.19. The molecule has 0 saturated carbocycles. The number of benzene rings is 2. The Labute approximate surface area is 164 Å². The second-order valence-electron chi connectivity index (χ2n) is 5.57. The van der Waals surface area contributed by atoms with E-state index in [1.807, 2.05) is 31.2 Å². The molecule has 0 amide bonds. The minimum atomic E-state index is -0.423. The number of carbonyl (C=O) groups excluding carboxylic acids is 1. The lowest BCUT2D eigenvalue weighted by molar-refractivity contribution is -0.137. The largest absolute Gasteiger partial charge is 0.497 e. The van der Waals surface area contributed by atoms with Crippen LogP contribution in [0, 0.1) is 0 Å². The van der Waals surface area contributed by atoms with Crippen LogP contribution in [0.4, 0.5) is 0 Å². The molecule has 0 aliphatic heterocycles. The van der Waals surface area contributed by atoms with Crippen LogP contribution in [0.3, 0.4) is 0 Å². The molecule has 0 heterocycles. The van der Waals surface area contributed by atoms with Crippen LogP contribution in [-0.4, -0.2) is 33.4 Å². The Morgan fingerprint density at radius 3 is 2.48 bits per heavy atom. The number of ether oxygens (including phenoxy) is 4. The average molecular weight is 391 g/mol. The molecular formula is C21H23ClO5. The van der Waals surface area contributed by atoms with Crippen LogP contribution in [0.1, 0.15) is 18.1 Å². The van der Waals surface area contributed by atoms with Crippen molar-refractivity contribution >= 4 is 23.6 Å². The third-order valence-corrected chi connectivity index (χ3v) is 4.02. The zero-order valence-electron chi connectivity index (χ0n) is 15.7. The fraction of sp³-hybridized carbons (Fsp3) is 0.286. The lowest BCUT2D eigenvalue weighted by Crippen LogP contribution is -2.04. The summed E-state index contributed by atoms with van der Waals surface area (Å²) in [6.07, 6.45) is 3.62. The first-order valence-electron chi connectivity index (χ1n) is 8.55. The first-order chi connectivity index (χ1) is 13.1. The van der Waals surface area contributed by atoms with E-state index in [2.05, 4.69) is 0 Å². The van der Waals surface area contributed by atoms with E-state index in [-0.39, 0.29) is 0 Å². The van der Waals surface area contributed by atoms with Gasteiger partial charge in [-0.25, -0.2) is 4.79 Å². The highest BCUT2D eigenvalue weighted by molar-refractivity contribution is 6.32. The van der Waals surface area contributed by atoms with Crippen molar-refractivity contribution in [1.82, 2.24) is 0 Å². The molecule has 0 bridgehead atoms. The van der Waals surface area contributed by atoms with Gasteiger partial charge in [0.2, 0.25) is 0 Å². The molecule has 0 spiro atoms. The highest BCUT2D eigenvalue weighted by Gasteiger charge is 2.10. The fourth-order valence-electron chi connectivity index (χ4n) is 2.42. The first-order valence-corrected chi connectivity index (χ1v) is 8.93. The molecule has 2 aromatic rings. The number of carbonyl (C=O) groups is 1. The van der Waals surface area contributed by atoms with Gasteiger partial charge in [-0.05, 0) is 48.4 Å². The predicted molar refractivity (Wildman–Crippen MR) is 106 cm³/mol. The highest BCUT2D eigenvalue weighted by Crippen LogP contribution is 2.36. The third kappa shape index (κ3) is 6.22. The van der Waals surface area contributed by atoms with Crippen LogP contribution in [0.5, 0.6) is 17.2 Å². The molecule has 27 heavy (non-hydrogen) atoms. The summed E-state index contributed by atoms with van der Waals surface area (Å²) in [4.78, 5) is 11.9. The van der Waals surface area contributed by atoms with Crippen molar-refractivity contribution in [3.63, 3.8) is 0 Å². The maximum absolute atomic E-state index is 11.9. The van der Waals surface area contributed by atoms with Crippen molar-refractivity contribution in [2.45, 2.75) is 13.3 Å². The zero-order valence-corrected chi connectivity index (χ0v) is 16.4. The second kappa shape index (κ2) is 10.5. The zero-order chi connectivity index (χ0) is 19.6. The molecular weight excluding hydrogens is 368 g/mol. The van der Waals surface area contributed by atoms with Crippen LogP contribution in [-0.2, 0) is 16.0 Å². The Kier molecular flexibility index (Phi) is 8.01. The lowest BCUT2D eigenvalue weighted by Gasteiger charge is -2.11. The number of hydrogen-bond acceptors (Lipinski definition) is 5. The normalized spacial score (nSPS) is 10.7. The monoisotopic (exact) mass is 390 g/mol. The molecule has 5 nitrogen and oxygen atoms in total.